The van der Waals surface area contributed by atoms with E-state index in [2.05, 4.69) is 27.8 Å². The third kappa shape index (κ3) is 3.37. The van der Waals surface area contributed by atoms with Crippen LogP contribution in [-0.2, 0) is 5.75 Å². The van der Waals surface area contributed by atoms with Gasteiger partial charge in [-0.15, -0.1) is 21.5 Å². The molecule has 0 saturated heterocycles. The summed E-state index contributed by atoms with van der Waals surface area (Å²) < 4.78 is 1.63. The van der Waals surface area contributed by atoms with Crippen LogP contribution in [0.25, 0.3) is 0 Å². The number of aryl methyl sites for hydroxylation is 1. The molecule has 1 aromatic carbocycles. The molecule has 112 valence electrons. The lowest BCUT2D eigenvalue weighted by molar-refractivity contribution is 0.101. The van der Waals surface area contributed by atoms with Crippen LogP contribution in [0.3, 0.4) is 0 Å². The molecule has 0 fully saturated rings. The van der Waals surface area contributed by atoms with E-state index in [9.17, 15) is 4.79 Å². The summed E-state index contributed by atoms with van der Waals surface area (Å²) in [5, 5.41) is 10.7. The van der Waals surface area contributed by atoms with Crippen LogP contribution in [0.2, 0.25) is 0 Å². The van der Waals surface area contributed by atoms with Crippen LogP contribution < -0.4 is 5.43 Å². The summed E-state index contributed by atoms with van der Waals surface area (Å²) in [7, 11) is 0. The molecule has 2 aromatic heterocycles. The summed E-state index contributed by atoms with van der Waals surface area (Å²) in [5.74, 6) is 1.27. The molecule has 0 aliphatic rings. The minimum absolute atomic E-state index is 0.153. The number of benzene rings is 1. The maximum absolute atomic E-state index is 12.2. The Morgan fingerprint density at radius 1 is 1.23 bits per heavy atom. The van der Waals surface area contributed by atoms with Gasteiger partial charge in [-0.3, -0.25) is 10.2 Å². The fourth-order valence-corrected chi connectivity index (χ4v) is 3.36. The summed E-state index contributed by atoms with van der Waals surface area (Å²) in [6, 6.07) is 13.8. The van der Waals surface area contributed by atoms with Crippen LogP contribution in [0.4, 0.5) is 0 Å². The molecule has 0 aliphatic carbocycles. The van der Waals surface area contributed by atoms with Crippen LogP contribution in [0, 0.1) is 6.92 Å². The molecule has 5 nitrogen and oxygen atoms in total. The molecule has 3 aromatic rings. The van der Waals surface area contributed by atoms with Crippen molar-refractivity contribution < 1.29 is 4.79 Å². The van der Waals surface area contributed by atoms with Crippen molar-refractivity contribution in [3.05, 3.63) is 64.1 Å². The van der Waals surface area contributed by atoms with Gasteiger partial charge in [0.25, 0.3) is 5.91 Å². The average Bonchev–Trinajstić information content (AvgIpc) is 3.18. The Morgan fingerprint density at radius 3 is 2.77 bits per heavy atom. The summed E-state index contributed by atoms with van der Waals surface area (Å²) >= 11 is 2.94. The van der Waals surface area contributed by atoms with Crippen LogP contribution in [0.5, 0.6) is 0 Å². The van der Waals surface area contributed by atoms with E-state index in [-0.39, 0.29) is 5.91 Å². The standard InChI is InChI=1S/C15H14N4OS2/c1-11-16-17-15(22-10-12-6-3-2-4-7-12)19(11)18-14(20)13-8-5-9-21-13/h2-9H,10H2,1H3,(H,18,20). The maximum atomic E-state index is 12.2. The zero-order valence-corrected chi connectivity index (χ0v) is 13.5. The van der Waals surface area contributed by atoms with Gasteiger partial charge in [0.05, 0.1) is 4.88 Å². The third-order valence-electron chi connectivity index (χ3n) is 2.96. The number of rotatable bonds is 5. The predicted octanol–water partition coefficient (Wildman–Crippen LogP) is 3.32. The first-order chi connectivity index (χ1) is 10.7. The Labute approximate surface area is 136 Å². The van der Waals surface area contributed by atoms with Gasteiger partial charge >= 0.3 is 0 Å². The number of amides is 1. The Bertz CT molecular complexity index is 753. The average molecular weight is 330 g/mol. The van der Waals surface area contributed by atoms with Gasteiger partial charge in [0, 0.05) is 5.75 Å². The second kappa shape index (κ2) is 6.76. The van der Waals surface area contributed by atoms with Gasteiger partial charge in [0.1, 0.15) is 5.82 Å². The number of thiophene rings is 1. The SMILES string of the molecule is Cc1nnc(SCc2ccccc2)n1NC(=O)c1cccs1. The number of carbonyl (C=O) groups excluding carboxylic acids is 1. The summed E-state index contributed by atoms with van der Waals surface area (Å²) in [5.41, 5.74) is 4.04. The highest BCUT2D eigenvalue weighted by Crippen LogP contribution is 2.21. The van der Waals surface area contributed by atoms with Gasteiger partial charge in [0.15, 0.2) is 0 Å². The van der Waals surface area contributed by atoms with Gasteiger partial charge in [0.2, 0.25) is 5.16 Å². The summed E-state index contributed by atoms with van der Waals surface area (Å²) in [6.45, 7) is 1.81. The summed E-state index contributed by atoms with van der Waals surface area (Å²) in [6.07, 6.45) is 0. The van der Waals surface area contributed by atoms with E-state index >= 15 is 0 Å². The van der Waals surface area contributed by atoms with Gasteiger partial charge in [-0.05, 0) is 23.9 Å². The zero-order valence-electron chi connectivity index (χ0n) is 11.9. The lowest BCUT2D eigenvalue weighted by Gasteiger charge is -2.09. The molecular weight excluding hydrogens is 316 g/mol. The molecule has 0 radical (unpaired) electrons. The van der Waals surface area contributed by atoms with Crippen molar-refractivity contribution >= 4 is 29.0 Å². The van der Waals surface area contributed by atoms with E-state index in [0.717, 1.165) is 5.75 Å². The van der Waals surface area contributed by atoms with Crippen molar-refractivity contribution in [1.29, 1.82) is 0 Å². The molecule has 0 unspecified atom stereocenters. The first kappa shape index (κ1) is 14.8. The molecule has 0 atom stereocenters. The van der Waals surface area contributed by atoms with E-state index in [1.54, 1.807) is 10.7 Å². The number of nitrogens with zero attached hydrogens (tertiary/aromatic N) is 3. The predicted molar refractivity (Wildman–Crippen MR) is 88.8 cm³/mol. The third-order valence-corrected chi connectivity index (χ3v) is 4.83. The fourth-order valence-electron chi connectivity index (χ4n) is 1.85. The van der Waals surface area contributed by atoms with Crippen LogP contribution >= 0.6 is 23.1 Å². The Balaban J connectivity index is 1.72. The van der Waals surface area contributed by atoms with Crippen molar-refractivity contribution in [1.82, 2.24) is 14.9 Å². The largest absolute Gasteiger partial charge is 0.280 e. The number of hydrogen-bond acceptors (Lipinski definition) is 5. The first-order valence-corrected chi connectivity index (χ1v) is 8.54. The van der Waals surface area contributed by atoms with E-state index in [1.165, 1.54) is 28.7 Å². The molecular formula is C15H14N4OS2. The monoisotopic (exact) mass is 330 g/mol. The molecule has 1 N–H and O–H groups in total. The first-order valence-electron chi connectivity index (χ1n) is 6.67. The molecule has 0 bridgehead atoms. The molecule has 0 aliphatic heterocycles. The smallest absolute Gasteiger partial charge is 0.266 e. The Morgan fingerprint density at radius 2 is 2.05 bits per heavy atom. The highest BCUT2D eigenvalue weighted by atomic mass is 32.2. The van der Waals surface area contributed by atoms with Crippen molar-refractivity contribution in [2.45, 2.75) is 17.8 Å². The van der Waals surface area contributed by atoms with Crippen molar-refractivity contribution in [3.8, 4) is 0 Å². The molecule has 0 saturated carbocycles. The van der Waals surface area contributed by atoms with Crippen LogP contribution in [0.15, 0.2) is 53.0 Å². The number of aromatic nitrogens is 3. The molecule has 22 heavy (non-hydrogen) atoms. The topological polar surface area (TPSA) is 59.8 Å². The minimum atomic E-state index is -0.153. The maximum Gasteiger partial charge on any atom is 0.280 e. The molecule has 3 rings (SSSR count). The highest BCUT2D eigenvalue weighted by molar-refractivity contribution is 7.98. The van der Waals surface area contributed by atoms with E-state index in [0.29, 0.717) is 15.9 Å². The van der Waals surface area contributed by atoms with Crippen molar-refractivity contribution in [3.63, 3.8) is 0 Å². The van der Waals surface area contributed by atoms with Crippen LogP contribution in [-0.4, -0.2) is 20.8 Å². The zero-order chi connectivity index (χ0) is 15.4. The minimum Gasteiger partial charge on any atom is -0.266 e. The van der Waals surface area contributed by atoms with Crippen LogP contribution in [0.1, 0.15) is 21.1 Å². The van der Waals surface area contributed by atoms with Gasteiger partial charge in [-0.25, -0.2) is 4.68 Å². The molecule has 2 heterocycles. The van der Waals surface area contributed by atoms with Crippen molar-refractivity contribution in [2.24, 2.45) is 0 Å². The Hall–Kier alpha value is -2.12. The number of thioether (sulfide) groups is 1. The van der Waals surface area contributed by atoms with Crippen molar-refractivity contribution in [2.75, 3.05) is 5.43 Å². The molecule has 7 heteroatoms. The molecule has 0 spiro atoms. The lowest BCUT2D eigenvalue weighted by Crippen LogP contribution is -2.24. The highest BCUT2D eigenvalue weighted by Gasteiger charge is 2.14. The number of hydrogen-bond donors (Lipinski definition) is 1. The Kier molecular flexibility index (Phi) is 4.55. The van der Waals surface area contributed by atoms with Gasteiger partial charge in [-0.2, -0.15) is 0 Å². The number of carbonyl (C=O) groups is 1. The second-order valence-electron chi connectivity index (χ2n) is 4.56. The second-order valence-corrected chi connectivity index (χ2v) is 6.45. The van der Waals surface area contributed by atoms with Gasteiger partial charge in [-0.1, -0.05) is 48.2 Å². The lowest BCUT2D eigenvalue weighted by atomic mass is 10.2. The van der Waals surface area contributed by atoms with Gasteiger partial charge < -0.3 is 0 Å². The van der Waals surface area contributed by atoms with E-state index in [4.69, 9.17) is 0 Å². The fraction of sp³-hybridized carbons (Fsp3) is 0.133. The normalized spacial score (nSPS) is 10.6. The van der Waals surface area contributed by atoms with E-state index < -0.39 is 0 Å². The number of nitrogens with one attached hydrogen (secondary N) is 1. The quantitative estimate of drug-likeness (QED) is 0.729. The summed E-state index contributed by atoms with van der Waals surface area (Å²) in [4.78, 5) is 12.8. The molecule has 1 amide bonds. The van der Waals surface area contributed by atoms with E-state index in [1.807, 2.05) is 36.6 Å².